The molecule has 26 heavy (non-hydrogen) atoms. The molecule has 1 aliphatic heterocycles. The summed E-state index contributed by atoms with van der Waals surface area (Å²) in [6, 6.07) is 9.75. The van der Waals surface area contributed by atoms with Crippen molar-refractivity contribution in [1.82, 2.24) is 4.90 Å². The van der Waals surface area contributed by atoms with Gasteiger partial charge >= 0.3 is 12.0 Å². The lowest BCUT2D eigenvalue weighted by Crippen LogP contribution is -2.54. The Labute approximate surface area is 151 Å². The maximum Gasteiger partial charge on any atom is 0.323 e. The molecule has 0 radical (unpaired) electrons. The van der Waals surface area contributed by atoms with Crippen LogP contribution in [0.1, 0.15) is 19.3 Å². The van der Waals surface area contributed by atoms with E-state index in [4.69, 9.17) is 4.74 Å². The molecule has 3 rings (SSSR count). The van der Waals surface area contributed by atoms with Crippen molar-refractivity contribution in [2.75, 3.05) is 37.7 Å². The Hall–Kier alpha value is -2.02. The summed E-state index contributed by atoms with van der Waals surface area (Å²) in [7, 11) is 0. The topological polar surface area (TPSA) is 32.8 Å². The van der Waals surface area contributed by atoms with E-state index in [9.17, 15) is 18.0 Å². The van der Waals surface area contributed by atoms with E-state index in [0.717, 1.165) is 44.7 Å². The van der Waals surface area contributed by atoms with Gasteiger partial charge in [0, 0.05) is 38.3 Å². The average molecular weight is 368 g/mol. The van der Waals surface area contributed by atoms with Crippen LogP contribution in [0.3, 0.4) is 0 Å². The van der Waals surface area contributed by atoms with Gasteiger partial charge in [0.15, 0.2) is 5.83 Å². The number of carbonyl (C=O) groups is 1. The van der Waals surface area contributed by atoms with E-state index in [1.54, 1.807) is 0 Å². The molecule has 0 N–H and O–H groups in total. The molecular formula is C19H23F3N2O2. The van der Waals surface area contributed by atoms with Gasteiger partial charge in [0.25, 0.3) is 0 Å². The Morgan fingerprint density at radius 2 is 1.73 bits per heavy atom. The number of rotatable bonds is 7. The van der Waals surface area contributed by atoms with Crippen LogP contribution >= 0.6 is 0 Å². The molecule has 0 amide bonds. The third-order valence-corrected chi connectivity index (χ3v) is 4.91. The molecule has 1 saturated carbocycles. The molecule has 2 aliphatic rings. The quantitative estimate of drug-likeness (QED) is 0.689. The van der Waals surface area contributed by atoms with Gasteiger partial charge < -0.3 is 9.64 Å². The van der Waals surface area contributed by atoms with Crippen molar-refractivity contribution in [3.63, 3.8) is 0 Å². The zero-order chi connectivity index (χ0) is 18.5. The molecule has 1 saturated heterocycles. The molecule has 4 nitrogen and oxygen atoms in total. The van der Waals surface area contributed by atoms with Crippen LogP contribution < -0.4 is 4.90 Å². The Morgan fingerprint density at radius 1 is 1.08 bits per heavy atom. The monoisotopic (exact) mass is 368 g/mol. The first-order valence-electron chi connectivity index (χ1n) is 8.96. The van der Waals surface area contributed by atoms with E-state index >= 15 is 0 Å². The maximum absolute atomic E-state index is 12.8. The average Bonchev–Trinajstić information content (AvgIpc) is 3.48. The molecule has 1 atom stereocenters. The molecule has 1 unspecified atom stereocenters. The largest absolute Gasteiger partial charge is 0.464 e. The number of hydrogen-bond donors (Lipinski definition) is 0. The summed E-state index contributed by atoms with van der Waals surface area (Å²) in [5, 5.41) is 0. The number of piperazine rings is 1. The zero-order valence-electron chi connectivity index (χ0n) is 14.5. The molecule has 1 aromatic rings. The number of para-hydroxylation sites is 1. The number of benzene rings is 1. The predicted octanol–water partition coefficient (Wildman–Crippen LogP) is 3.60. The summed E-state index contributed by atoms with van der Waals surface area (Å²) in [6.07, 6.45) is -0.998. The van der Waals surface area contributed by atoms with E-state index < -0.39 is 24.3 Å². The fraction of sp³-hybridized carbons (Fsp3) is 0.526. The molecule has 1 aromatic carbocycles. The van der Waals surface area contributed by atoms with E-state index in [1.165, 1.54) is 0 Å². The lowest BCUT2D eigenvalue weighted by atomic mass is 10.1. The Morgan fingerprint density at radius 3 is 2.31 bits per heavy atom. The molecule has 142 valence electrons. The Bertz CT molecular complexity index is 637. The first-order chi connectivity index (χ1) is 12.6. The van der Waals surface area contributed by atoms with Crippen LogP contribution in [0.4, 0.5) is 18.9 Å². The summed E-state index contributed by atoms with van der Waals surface area (Å²) in [6.45, 7) is 2.74. The SMILES string of the molecule is O=C(OCCC(F)=C(F)F)C(C1CC1)N1CCN(c2ccccc2)CC1. The van der Waals surface area contributed by atoms with Gasteiger partial charge in [-0.05, 0) is 30.9 Å². The van der Waals surface area contributed by atoms with E-state index in [-0.39, 0.29) is 18.6 Å². The van der Waals surface area contributed by atoms with Gasteiger partial charge in [-0.25, -0.2) is 4.39 Å². The van der Waals surface area contributed by atoms with E-state index in [2.05, 4.69) is 21.9 Å². The van der Waals surface area contributed by atoms with Crippen LogP contribution in [0.15, 0.2) is 42.2 Å². The standard InChI is InChI=1S/C19H23F3N2O2/c20-16(18(21)22)8-13-26-19(25)17(14-6-7-14)24-11-9-23(10-12-24)15-4-2-1-3-5-15/h1-5,14,17H,6-13H2. The van der Waals surface area contributed by atoms with Gasteiger partial charge in [-0.15, -0.1) is 0 Å². The van der Waals surface area contributed by atoms with Gasteiger partial charge in [0.1, 0.15) is 6.04 Å². The van der Waals surface area contributed by atoms with Crippen LogP contribution in [0.25, 0.3) is 0 Å². The molecule has 1 aliphatic carbocycles. The fourth-order valence-electron chi connectivity index (χ4n) is 3.37. The molecule has 0 bridgehead atoms. The first-order valence-corrected chi connectivity index (χ1v) is 8.96. The number of halogens is 3. The van der Waals surface area contributed by atoms with Gasteiger partial charge in [-0.3, -0.25) is 9.69 Å². The van der Waals surface area contributed by atoms with Crippen molar-refractivity contribution in [2.24, 2.45) is 5.92 Å². The second kappa shape index (κ2) is 8.58. The third-order valence-electron chi connectivity index (χ3n) is 4.91. The van der Waals surface area contributed by atoms with Gasteiger partial charge in [-0.1, -0.05) is 18.2 Å². The van der Waals surface area contributed by atoms with Gasteiger partial charge in [0.05, 0.1) is 6.61 Å². The summed E-state index contributed by atoms with van der Waals surface area (Å²) < 4.78 is 42.1. The highest BCUT2D eigenvalue weighted by Gasteiger charge is 2.42. The highest BCUT2D eigenvalue weighted by molar-refractivity contribution is 5.76. The number of esters is 1. The second-order valence-electron chi connectivity index (χ2n) is 6.72. The summed E-state index contributed by atoms with van der Waals surface area (Å²) >= 11 is 0. The molecule has 7 heteroatoms. The summed E-state index contributed by atoms with van der Waals surface area (Å²) in [4.78, 5) is 16.8. The number of ether oxygens (including phenoxy) is 1. The highest BCUT2D eigenvalue weighted by Crippen LogP contribution is 2.36. The maximum atomic E-state index is 12.8. The van der Waals surface area contributed by atoms with Gasteiger partial charge in [-0.2, -0.15) is 8.78 Å². The number of anilines is 1. The number of hydrogen-bond acceptors (Lipinski definition) is 4. The molecule has 2 fully saturated rings. The smallest absolute Gasteiger partial charge is 0.323 e. The van der Waals surface area contributed by atoms with Crippen molar-refractivity contribution >= 4 is 11.7 Å². The van der Waals surface area contributed by atoms with E-state index in [1.807, 2.05) is 18.2 Å². The lowest BCUT2D eigenvalue weighted by molar-refractivity contribution is -0.151. The van der Waals surface area contributed by atoms with Gasteiger partial charge in [0.2, 0.25) is 0 Å². The molecule has 0 spiro atoms. The summed E-state index contributed by atoms with van der Waals surface area (Å²) in [5.74, 6) is -1.69. The minimum atomic E-state index is -2.35. The van der Waals surface area contributed by atoms with Crippen molar-refractivity contribution in [2.45, 2.75) is 25.3 Å². The normalized spacial score (nSPS) is 19.1. The van der Waals surface area contributed by atoms with E-state index in [0.29, 0.717) is 0 Å². The molecular weight excluding hydrogens is 345 g/mol. The molecule has 0 aromatic heterocycles. The predicted molar refractivity (Wildman–Crippen MR) is 92.7 cm³/mol. The summed E-state index contributed by atoms with van der Waals surface area (Å²) in [5.41, 5.74) is 1.16. The van der Waals surface area contributed by atoms with Crippen LogP contribution in [0.5, 0.6) is 0 Å². The zero-order valence-corrected chi connectivity index (χ0v) is 14.5. The third kappa shape index (κ3) is 4.78. The van der Waals surface area contributed by atoms with Crippen LogP contribution in [0, 0.1) is 5.92 Å². The molecule has 1 heterocycles. The first kappa shape index (κ1) is 18.8. The Kier molecular flexibility index (Phi) is 6.19. The van der Waals surface area contributed by atoms with Crippen LogP contribution in [-0.2, 0) is 9.53 Å². The fourth-order valence-corrected chi connectivity index (χ4v) is 3.37. The highest BCUT2D eigenvalue weighted by atomic mass is 19.3. The minimum absolute atomic E-state index is 0.254. The number of nitrogens with zero attached hydrogens (tertiary/aromatic N) is 2. The Balaban J connectivity index is 1.52. The van der Waals surface area contributed by atoms with Crippen molar-refractivity contribution in [1.29, 1.82) is 0 Å². The lowest BCUT2D eigenvalue weighted by Gasteiger charge is -2.39. The van der Waals surface area contributed by atoms with Crippen molar-refractivity contribution in [3.05, 3.63) is 42.2 Å². The number of carbonyl (C=O) groups excluding carboxylic acids is 1. The van der Waals surface area contributed by atoms with Crippen LogP contribution in [-0.4, -0.2) is 49.7 Å². The second-order valence-corrected chi connectivity index (χ2v) is 6.72. The minimum Gasteiger partial charge on any atom is -0.464 e. The van der Waals surface area contributed by atoms with Crippen LogP contribution in [0.2, 0.25) is 0 Å². The van der Waals surface area contributed by atoms with Crippen molar-refractivity contribution in [3.8, 4) is 0 Å². The van der Waals surface area contributed by atoms with Crippen molar-refractivity contribution < 1.29 is 22.7 Å².